The van der Waals surface area contributed by atoms with Gasteiger partial charge in [-0.3, -0.25) is 4.79 Å². The molecule has 0 aromatic heterocycles. The van der Waals surface area contributed by atoms with Crippen LogP contribution in [0.15, 0.2) is 58.1 Å². The predicted octanol–water partition coefficient (Wildman–Crippen LogP) is 4.60. The van der Waals surface area contributed by atoms with Crippen molar-refractivity contribution >= 4 is 39.1 Å². The van der Waals surface area contributed by atoms with E-state index in [9.17, 15) is 23.1 Å². The highest BCUT2D eigenvalue weighted by Crippen LogP contribution is 2.42. The van der Waals surface area contributed by atoms with Gasteiger partial charge in [0.15, 0.2) is 0 Å². The Morgan fingerprint density at radius 3 is 2.46 bits per heavy atom. The topological polar surface area (TPSA) is 52.9 Å². The first-order chi connectivity index (χ1) is 12.1. The molecule has 26 heavy (non-hydrogen) atoms. The van der Waals surface area contributed by atoms with Gasteiger partial charge in [-0.2, -0.15) is 23.3 Å². The van der Waals surface area contributed by atoms with Crippen LogP contribution >= 0.6 is 27.5 Å². The molecule has 0 aliphatic carbocycles. The molecular weight excluding hydrogens is 437 g/mol. The Hall–Kier alpha value is -1.90. The van der Waals surface area contributed by atoms with Crippen LogP contribution in [-0.2, 0) is 0 Å². The van der Waals surface area contributed by atoms with Crippen LogP contribution in [0.25, 0.3) is 0 Å². The zero-order valence-corrected chi connectivity index (χ0v) is 15.3. The smallest absolute Gasteiger partial charge is 0.362 e. The number of hydrogen-bond acceptors (Lipinski definition) is 3. The highest BCUT2D eigenvalue weighted by atomic mass is 79.9. The van der Waals surface area contributed by atoms with Crippen LogP contribution in [0.1, 0.15) is 22.3 Å². The molecule has 1 aliphatic heterocycles. The summed E-state index contributed by atoms with van der Waals surface area (Å²) >= 11 is 8.94. The molecule has 9 heteroatoms. The molecule has 1 aliphatic rings. The van der Waals surface area contributed by atoms with Crippen molar-refractivity contribution < 1.29 is 23.1 Å². The minimum atomic E-state index is -5.09. The average Bonchev–Trinajstić information content (AvgIpc) is 2.94. The number of hydrazone groups is 1. The number of nitrogens with zero attached hydrogens (tertiary/aromatic N) is 2. The molecule has 0 spiro atoms. The lowest BCUT2D eigenvalue weighted by molar-refractivity contribution is -0.297. The van der Waals surface area contributed by atoms with Crippen LogP contribution in [0, 0.1) is 0 Å². The highest BCUT2D eigenvalue weighted by molar-refractivity contribution is 9.10. The number of halogens is 5. The van der Waals surface area contributed by atoms with Crippen molar-refractivity contribution in [2.24, 2.45) is 5.10 Å². The average molecular weight is 448 g/mol. The maximum Gasteiger partial charge on any atom is 0.438 e. The van der Waals surface area contributed by atoms with Crippen molar-refractivity contribution in [3.05, 3.63) is 69.2 Å². The lowest BCUT2D eigenvalue weighted by Gasteiger charge is -2.32. The van der Waals surface area contributed by atoms with Crippen LogP contribution in [0.4, 0.5) is 13.2 Å². The van der Waals surface area contributed by atoms with Gasteiger partial charge in [0, 0.05) is 15.1 Å². The molecular formula is C17H11BrClF3N2O2. The fourth-order valence-electron chi connectivity index (χ4n) is 2.53. The van der Waals surface area contributed by atoms with Gasteiger partial charge in [-0.05, 0) is 35.9 Å². The molecule has 136 valence electrons. The fraction of sp³-hybridized carbons (Fsp3) is 0.176. The molecule has 4 nitrogen and oxygen atoms in total. The van der Waals surface area contributed by atoms with Crippen LogP contribution in [0.2, 0.25) is 5.02 Å². The van der Waals surface area contributed by atoms with Gasteiger partial charge in [-0.25, -0.2) is 0 Å². The summed E-state index contributed by atoms with van der Waals surface area (Å²) < 4.78 is 41.2. The molecule has 0 fully saturated rings. The summed E-state index contributed by atoms with van der Waals surface area (Å²) in [7, 11) is 0. The second kappa shape index (κ2) is 6.68. The molecule has 3 rings (SSSR count). The predicted molar refractivity (Wildman–Crippen MR) is 93.9 cm³/mol. The Morgan fingerprint density at radius 1 is 1.23 bits per heavy atom. The Kier molecular flexibility index (Phi) is 4.85. The summed E-state index contributed by atoms with van der Waals surface area (Å²) in [6.45, 7) is 0. The zero-order chi connectivity index (χ0) is 19.1. The quantitative estimate of drug-likeness (QED) is 0.731. The highest BCUT2D eigenvalue weighted by Gasteiger charge is 2.63. The standard InChI is InChI=1S/C17H11BrClF3N2O2/c18-12-3-1-2-11(8-12)15(25)24-16(26,17(20,21)22)9-14(23-24)10-4-6-13(19)7-5-10/h1-8,26H,9H2. The van der Waals surface area contributed by atoms with Crippen LogP contribution in [0.5, 0.6) is 0 Å². The van der Waals surface area contributed by atoms with E-state index >= 15 is 0 Å². The van der Waals surface area contributed by atoms with Gasteiger partial charge >= 0.3 is 6.18 Å². The van der Waals surface area contributed by atoms with Crippen molar-refractivity contribution in [3.63, 3.8) is 0 Å². The maximum atomic E-state index is 13.6. The van der Waals surface area contributed by atoms with E-state index in [0.29, 0.717) is 15.1 Å². The Morgan fingerprint density at radius 2 is 1.88 bits per heavy atom. The molecule has 1 heterocycles. The summed E-state index contributed by atoms with van der Waals surface area (Å²) in [5, 5.41) is 14.6. The molecule has 2 aromatic rings. The largest absolute Gasteiger partial charge is 0.438 e. The molecule has 1 amide bonds. The van der Waals surface area contributed by atoms with Crippen molar-refractivity contribution in [3.8, 4) is 0 Å². The summed E-state index contributed by atoms with van der Waals surface area (Å²) in [5.74, 6) is -1.06. The lowest BCUT2D eigenvalue weighted by atomic mass is 10.0. The van der Waals surface area contributed by atoms with E-state index in [2.05, 4.69) is 21.0 Å². The second-order valence-electron chi connectivity index (χ2n) is 5.67. The van der Waals surface area contributed by atoms with Crippen LogP contribution in [-0.4, -0.2) is 33.6 Å². The lowest BCUT2D eigenvalue weighted by Crippen LogP contribution is -2.56. The first-order valence-corrected chi connectivity index (χ1v) is 8.51. The Labute approximate surface area is 160 Å². The number of alkyl halides is 3. The minimum absolute atomic E-state index is 0.0387. The molecule has 1 unspecified atom stereocenters. The molecule has 1 N–H and O–H groups in total. The number of carbonyl (C=O) groups excluding carboxylic acids is 1. The van der Waals surface area contributed by atoms with E-state index in [1.54, 1.807) is 6.07 Å². The first kappa shape index (κ1) is 18.9. The van der Waals surface area contributed by atoms with E-state index < -0.39 is 24.2 Å². The van der Waals surface area contributed by atoms with E-state index in [-0.39, 0.29) is 16.3 Å². The second-order valence-corrected chi connectivity index (χ2v) is 7.02. The maximum absolute atomic E-state index is 13.6. The Balaban J connectivity index is 2.05. The van der Waals surface area contributed by atoms with Crippen molar-refractivity contribution in [2.75, 3.05) is 0 Å². The van der Waals surface area contributed by atoms with Gasteiger partial charge in [-0.1, -0.05) is 45.7 Å². The van der Waals surface area contributed by atoms with E-state index in [1.165, 1.54) is 42.5 Å². The fourth-order valence-corrected chi connectivity index (χ4v) is 3.05. The number of aliphatic hydroxyl groups is 1. The summed E-state index contributed by atoms with van der Waals surface area (Å²) in [5.41, 5.74) is -3.20. The number of hydrogen-bond donors (Lipinski definition) is 1. The minimum Gasteiger partial charge on any atom is -0.362 e. The van der Waals surface area contributed by atoms with Crippen molar-refractivity contribution in [2.45, 2.75) is 18.3 Å². The number of rotatable bonds is 2. The number of benzene rings is 2. The van der Waals surface area contributed by atoms with Gasteiger partial charge in [-0.15, -0.1) is 0 Å². The molecule has 0 radical (unpaired) electrons. The number of carbonyl (C=O) groups is 1. The molecule has 0 saturated carbocycles. The molecule has 2 aromatic carbocycles. The number of amides is 1. The molecule has 0 bridgehead atoms. The van der Waals surface area contributed by atoms with Crippen molar-refractivity contribution in [1.82, 2.24) is 5.01 Å². The third-order valence-corrected chi connectivity index (χ3v) is 4.63. The van der Waals surface area contributed by atoms with E-state index in [4.69, 9.17) is 11.6 Å². The van der Waals surface area contributed by atoms with Crippen molar-refractivity contribution in [1.29, 1.82) is 0 Å². The van der Waals surface area contributed by atoms with Gasteiger partial charge in [0.25, 0.3) is 11.6 Å². The molecule has 1 atom stereocenters. The summed E-state index contributed by atoms with van der Waals surface area (Å²) in [6, 6.07) is 11.8. The normalized spacial score (nSPS) is 20.2. The van der Waals surface area contributed by atoms with Gasteiger partial charge < -0.3 is 5.11 Å². The summed E-state index contributed by atoms with van der Waals surface area (Å²) in [4.78, 5) is 12.6. The van der Waals surface area contributed by atoms with Gasteiger partial charge in [0.05, 0.1) is 12.1 Å². The Bertz CT molecular complexity index is 886. The SMILES string of the molecule is O=C(c1cccc(Br)c1)N1N=C(c2ccc(Cl)cc2)CC1(O)C(F)(F)F. The zero-order valence-electron chi connectivity index (χ0n) is 13.0. The van der Waals surface area contributed by atoms with Crippen LogP contribution in [0.3, 0.4) is 0 Å². The van der Waals surface area contributed by atoms with Crippen LogP contribution < -0.4 is 0 Å². The van der Waals surface area contributed by atoms with Gasteiger partial charge in [0.1, 0.15) is 0 Å². The third kappa shape index (κ3) is 3.36. The molecule has 0 saturated heterocycles. The van der Waals surface area contributed by atoms with Gasteiger partial charge in [0.2, 0.25) is 0 Å². The van der Waals surface area contributed by atoms with E-state index in [1.807, 2.05) is 0 Å². The third-order valence-electron chi connectivity index (χ3n) is 3.88. The summed E-state index contributed by atoms with van der Waals surface area (Å²) in [6.07, 6.45) is -5.97. The monoisotopic (exact) mass is 446 g/mol. The first-order valence-electron chi connectivity index (χ1n) is 7.34. The van der Waals surface area contributed by atoms with E-state index in [0.717, 1.165) is 0 Å².